The number of anilines is 1. The zero-order chi connectivity index (χ0) is 31.0. The van der Waals surface area contributed by atoms with Crippen molar-refractivity contribution in [1.29, 1.82) is 0 Å². The number of primary amides is 1. The Balaban J connectivity index is 1.17. The fourth-order valence-electron chi connectivity index (χ4n) is 7.57. The lowest BCUT2D eigenvalue weighted by Crippen LogP contribution is -2.57. The topological polar surface area (TPSA) is 107 Å². The molecule has 0 unspecified atom stereocenters. The molecule has 9 heteroatoms. The van der Waals surface area contributed by atoms with Crippen LogP contribution in [0.5, 0.6) is 11.6 Å². The second-order valence-electron chi connectivity index (χ2n) is 13.9. The van der Waals surface area contributed by atoms with Gasteiger partial charge in [-0.25, -0.2) is 9.97 Å². The van der Waals surface area contributed by atoms with Crippen LogP contribution in [0.4, 0.5) is 5.69 Å². The number of amides is 2. The normalized spacial score (nSPS) is 22.8. The average Bonchev–Trinajstić information content (AvgIpc) is 3.73. The van der Waals surface area contributed by atoms with Gasteiger partial charge in [0.1, 0.15) is 11.3 Å². The van der Waals surface area contributed by atoms with E-state index in [4.69, 9.17) is 20.4 Å². The first-order chi connectivity index (χ1) is 21.7. The van der Waals surface area contributed by atoms with E-state index in [1.54, 1.807) is 6.07 Å². The van der Waals surface area contributed by atoms with Gasteiger partial charge in [-0.2, -0.15) is 0 Å². The Labute approximate surface area is 263 Å². The maximum Gasteiger partial charge on any atom is 0.249 e. The maximum absolute atomic E-state index is 13.9. The number of nitrogens with two attached hydrogens (primary N) is 1. The third-order valence-electron chi connectivity index (χ3n) is 10.5. The number of carbonyl (C=O) groups excluding carboxylic acids is 2. The Bertz CT molecular complexity index is 1850. The second-order valence-corrected chi connectivity index (χ2v) is 13.9. The van der Waals surface area contributed by atoms with Crippen LogP contribution in [0.1, 0.15) is 86.3 Å². The second kappa shape index (κ2) is 10.4. The van der Waals surface area contributed by atoms with Gasteiger partial charge in [0, 0.05) is 34.9 Å². The highest BCUT2D eigenvalue weighted by Crippen LogP contribution is 2.48. The molecule has 9 nitrogen and oxygen atoms in total. The summed E-state index contributed by atoms with van der Waals surface area (Å²) in [4.78, 5) is 40.5. The molecule has 2 aromatic heterocycles. The Kier molecular flexibility index (Phi) is 6.53. The number of nitrogens with zero attached hydrogens (tertiary/aromatic N) is 5. The number of benzene rings is 2. The lowest BCUT2D eigenvalue weighted by molar-refractivity contribution is -0.123. The van der Waals surface area contributed by atoms with Gasteiger partial charge in [-0.15, -0.1) is 0 Å². The van der Waals surface area contributed by atoms with E-state index in [1.807, 2.05) is 45.3 Å². The van der Waals surface area contributed by atoms with Crippen LogP contribution in [-0.4, -0.2) is 56.4 Å². The SMILES string of the molecule is Cc1ccc(Oc2nc(-c3ccc4c(c3)N(C3CC(N5CCCCC5)C3)C(=O)C4(C)C)cc3ncn(C4CC4)c23)cc1C(N)=O. The minimum atomic E-state index is -0.581. The number of aryl methyl sites for hydroxylation is 1. The molecule has 1 saturated heterocycles. The van der Waals surface area contributed by atoms with Crippen LogP contribution in [0.2, 0.25) is 0 Å². The van der Waals surface area contributed by atoms with Crippen LogP contribution < -0.4 is 15.4 Å². The summed E-state index contributed by atoms with van der Waals surface area (Å²) in [5.74, 6) is 0.603. The number of likely N-dealkylation sites (tertiary alicyclic amines) is 1. The van der Waals surface area contributed by atoms with Crippen LogP contribution in [-0.2, 0) is 10.2 Å². The quantitative estimate of drug-likeness (QED) is 0.266. The van der Waals surface area contributed by atoms with E-state index in [0.29, 0.717) is 29.3 Å². The highest BCUT2D eigenvalue weighted by atomic mass is 16.5. The van der Waals surface area contributed by atoms with Crippen LogP contribution in [0, 0.1) is 6.92 Å². The number of pyridine rings is 1. The number of carbonyl (C=O) groups is 2. The van der Waals surface area contributed by atoms with Crippen molar-refractivity contribution in [3.63, 3.8) is 0 Å². The Morgan fingerprint density at radius 2 is 1.76 bits per heavy atom. The van der Waals surface area contributed by atoms with Gasteiger partial charge in [0.2, 0.25) is 17.7 Å². The van der Waals surface area contributed by atoms with Crippen molar-refractivity contribution in [3.8, 4) is 22.9 Å². The molecule has 2 amide bonds. The zero-order valence-electron chi connectivity index (χ0n) is 26.3. The Morgan fingerprint density at radius 1 is 0.978 bits per heavy atom. The first-order valence-corrected chi connectivity index (χ1v) is 16.4. The molecule has 232 valence electrons. The van der Waals surface area contributed by atoms with Crippen LogP contribution in [0.25, 0.3) is 22.3 Å². The highest BCUT2D eigenvalue weighted by molar-refractivity contribution is 6.08. The lowest BCUT2D eigenvalue weighted by Gasteiger charge is -2.48. The molecule has 2 saturated carbocycles. The molecule has 0 atom stereocenters. The zero-order valence-corrected chi connectivity index (χ0v) is 26.3. The van der Waals surface area contributed by atoms with E-state index >= 15 is 0 Å². The van der Waals surface area contributed by atoms with Gasteiger partial charge in [0.25, 0.3) is 0 Å². The summed E-state index contributed by atoms with van der Waals surface area (Å²) in [6, 6.07) is 14.8. The van der Waals surface area contributed by atoms with E-state index < -0.39 is 11.3 Å². The molecule has 2 aliphatic heterocycles. The van der Waals surface area contributed by atoms with E-state index in [9.17, 15) is 9.59 Å². The first kappa shape index (κ1) is 28.2. The fourth-order valence-corrected chi connectivity index (χ4v) is 7.57. The number of ether oxygens (including phenoxy) is 1. The van der Waals surface area contributed by atoms with E-state index in [2.05, 4.69) is 32.6 Å². The molecule has 45 heavy (non-hydrogen) atoms. The molecule has 4 heterocycles. The van der Waals surface area contributed by atoms with E-state index in [1.165, 1.54) is 32.4 Å². The number of piperidine rings is 1. The van der Waals surface area contributed by atoms with Crippen LogP contribution >= 0.6 is 0 Å². The summed E-state index contributed by atoms with van der Waals surface area (Å²) in [6.07, 6.45) is 9.98. The molecular weight excluding hydrogens is 564 g/mol. The largest absolute Gasteiger partial charge is 0.437 e. The predicted octanol–water partition coefficient (Wildman–Crippen LogP) is 6.27. The van der Waals surface area contributed by atoms with Crippen molar-refractivity contribution in [3.05, 3.63) is 65.5 Å². The van der Waals surface area contributed by atoms with Crippen molar-refractivity contribution in [2.45, 2.75) is 89.3 Å². The summed E-state index contributed by atoms with van der Waals surface area (Å²) in [5.41, 5.74) is 11.6. The van der Waals surface area contributed by atoms with Crippen LogP contribution in [0.3, 0.4) is 0 Å². The van der Waals surface area contributed by atoms with Gasteiger partial charge >= 0.3 is 0 Å². The van der Waals surface area contributed by atoms with Crippen molar-refractivity contribution in [1.82, 2.24) is 19.4 Å². The molecule has 0 bridgehead atoms. The number of rotatable bonds is 7. The van der Waals surface area contributed by atoms with Gasteiger partial charge in [-0.05, 0) is 108 Å². The number of imidazole rings is 1. The molecule has 4 aromatic rings. The fraction of sp³-hybridized carbons (Fsp3) is 0.444. The Hall–Kier alpha value is -4.24. The standard InChI is InChI=1S/C36H40N6O3/c1-21-7-11-26(18-27(21)33(37)43)45-34-32-30(38-20-41(32)23-9-10-23)19-29(39-34)22-8-12-28-31(15-22)42(35(44)36(28,2)3)25-16-24(17-25)40-13-5-4-6-14-40/h7-8,11-12,15,18-20,23-25H,4-6,9-10,13-14,16-17H2,1-3H3,(H2,37,43). The molecule has 2 aliphatic carbocycles. The van der Waals surface area contributed by atoms with Crippen molar-refractivity contribution in [2.75, 3.05) is 18.0 Å². The van der Waals surface area contributed by atoms with E-state index in [-0.39, 0.29) is 11.9 Å². The number of fused-ring (bicyclic) bond motifs is 2. The van der Waals surface area contributed by atoms with Gasteiger partial charge in [-0.3, -0.25) is 9.59 Å². The monoisotopic (exact) mass is 604 g/mol. The molecule has 0 spiro atoms. The minimum absolute atomic E-state index is 0.178. The number of hydrogen-bond donors (Lipinski definition) is 1. The van der Waals surface area contributed by atoms with Crippen molar-refractivity contribution in [2.24, 2.45) is 5.73 Å². The molecule has 0 radical (unpaired) electrons. The molecule has 2 N–H and O–H groups in total. The van der Waals surface area contributed by atoms with Gasteiger partial charge in [0.15, 0.2) is 0 Å². The molecule has 2 aromatic carbocycles. The maximum atomic E-state index is 13.9. The van der Waals surface area contributed by atoms with Crippen LogP contribution in [0.15, 0.2) is 48.8 Å². The lowest BCUT2D eigenvalue weighted by atomic mass is 9.82. The highest BCUT2D eigenvalue weighted by Gasteiger charge is 2.50. The number of hydrogen-bond acceptors (Lipinski definition) is 6. The minimum Gasteiger partial charge on any atom is -0.437 e. The van der Waals surface area contributed by atoms with Crippen molar-refractivity contribution >= 4 is 28.5 Å². The van der Waals surface area contributed by atoms with Gasteiger partial charge < -0.3 is 24.8 Å². The smallest absolute Gasteiger partial charge is 0.249 e. The summed E-state index contributed by atoms with van der Waals surface area (Å²) in [5, 5.41) is 0. The third-order valence-corrected chi connectivity index (χ3v) is 10.5. The first-order valence-electron chi connectivity index (χ1n) is 16.4. The van der Waals surface area contributed by atoms with Gasteiger partial charge in [-0.1, -0.05) is 24.6 Å². The molecule has 4 aliphatic rings. The molecule has 3 fully saturated rings. The summed E-state index contributed by atoms with van der Waals surface area (Å²) >= 11 is 0. The number of aromatic nitrogens is 3. The molecular formula is C36H40N6O3. The predicted molar refractivity (Wildman–Crippen MR) is 174 cm³/mol. The van der Waals surface area contributed by atoms with Gasteiger partial charge in [0.05, 0.1) is 23.0 Å². The summed E-state index contributed by atoms with van der Waals surface area (Å²) < 4.78 is 8.57. The average molecular weight is 605 g/mol. The third kappa shape index (κ3) is 4.71. The van der Waals surface area contributed by atoms with Crippen molar-refractivity contribution < 1.29 is 14.3 Å². The van der Waals surface area contributed by atoms with E-state index in [0.717, 1.165) is 64.8 Å². The summed E-state index contributed by atoms with van der Waals surface area (Å²) in [6.45, 7) is 8.29. The summed E-state index contributed by atoms with van der Waals surface area (Å²) in [7, 11) is 0. The molecule has 8 rings (SSSR count). The Morgan fingerprint density at radius 3 is 2.49 bits per heavy atom.